The van der Waals surface area contributed by atoms with E-state index in [1.54, 1.807) is 0 Å². The highest BCUT2D eigenvalue weighted by Crippen LogP contribution is 2.18. The summed E-state index contributed by atoms with van der Waals surface area (Å²) >= 11 is 0. The molecule has 1 rings (SSSR count). The third-order valence-electron chi connectivity index (χ3n) is 2.40. The minimum atomic E-state index is -0.403. The number of esters is 1. The van der Waals surface area contributed by atoms with Crippen molar-refractivity contribution in [3.63, 3.8) is 0 Å². The molecule has 0 unspecified atom stereocenters. The molecule has 82 valence electrons. The molecule has 0 bridgehead atoms. The molecule has 0 aromatic rings. The summed E-state index contributed by atoms with van der Waals surface area (Å²) in [5, 5.41) is 4.11. The van der Waals surface area contributed by atoms with Crippen LogP contribution in [0.25, 0.3) is 0 Å². The van der Waals surface area contributed by atoms with E-state index < -0.39 is 5.41 Å². The summed E-state index contributed by atoms with van der Waals surface area (Å²) in [5.41, 5.74) is -0.403. The molecule has 1 saturated heterocycles. The molecule has 0 saturated carbocycles. The van der Waals surface area contributed by atoms with Gasteiger partial charge in [-0.2, -0.15) is 0 Å². The van der Waals surface area contributed by atoms with Crippen LogP contribution in [0, 0.1) is 5.41 Å². The van der Waals surface area contributed by atoms with E-state index in [1.165, 1.54) is 0 Å². The van der Waals surface area contributed by atoms with Crippen molar-refractivity contribution in [1.82, 2.24) is 10.0 Å². The van der Waals surface area contributed by atoms with Gasteiger partial charge in [0.1, 0.15) is 6.10 Å². The number of rotatable bonds is 1. The minimum absolute atomic E-state index is 0.0109. The van der Waals surface area contributed by atoms with Gasteiger partial charge in [-0.25, -0.2) is 10.0 Å². The number of hydrogen-bond acceptors (Lipinski definition) is 4. The second-order valence-electron chi connectivity index (χ2n) is 4.96. The number of likely N-dealkylation sites (N-methyl/N-ethyl adjacent to an activating group) is 2. The molecule has 0 aromatic heterocycles. The minimum Gasteiger partial charge on any atom is -0.459 e. The zero-order valence-corrected chi connectivity index (χ0v) is 9.70. The van der Waals surface area contributed by atoms with Crippen molar-refractivity contribution in [3.8, 4) is 0 Å². The van der Waals surface area contributed by atoms with Gasteiger partial charge in [0.25, 0.3) is 0 Å². The van der Waals surface area contributed by atoms with Crippen molar-refractivity contribution >= 4 is 5.97 Å². The van der Waals surface area contributed by atoms with E-state index in [0.29, 0.717) is 0 Å². The largest absolute Gasteiger partial charge is 0.459 e. The van der Waals surface area contributed by atoms with Crippen molar-refractivity contribution in [2.24, 2.45) is 5.41 Å². The molecule has 0 atom stereocenters. The van der Waals surface area contributed by atoms with Crippen molar-refractivity contribution in [1.29, 1.82) is 0 Å². The van der Waals surface area contributed by atoms with E-state index in [1.807, 2.05) is 34.9 Å². The van der Waals surface area contributed by atoms with Gasteiger partial charge >= 0.3 is 5.97 Å². The predicted octanol–water partition coefficient (Wildman–Crippen LogP) is 0.736. The lowest BCUT2D eigenvalue weighted by Gasteiger charge is -2.19. The molecule has 1 heterocycles. The first-order valence-electron chi connectivity index (χ1n) is 4.94. The molecule has 1 fully saturated rings. The maximum Gasteiger partial charge on any atom is 0.311 e. The van der Waals surface area contributed by atoms with Crippen LogP contribution in [0.3, 0.4) is 0 Å². The Kier molecular flexibility index (Phi) is 3.17. The first kappa shape index (κ1) is 11.5. The maximum atomic E-state index is 11.6. The van der Waals surface area contributed by atoms with Gasteiger partial charge in [0.2, 0.25) is 0 Å². The Morgan fingerprint density at radius 1 is 1.21 bits per heavy atom. The fourth-order valence-corrected chi connectivity index (χ4v) is 1.33. The van der Waals surface area contributed by atoms with Crippen LogP contribution in [0.15, 0.2) is 0 Å². The molecule has 14 heavy (non-hydrogen) atoms. The average molecular weight is 200 g/mol. The molecule has 0 amide bonds. The molecule has 4 heteroatoms. The Morgan fingerprint density at radius 2 is 1.64 bits per heavy atom. The Bertz CT molecular complexity index is 213. The topological polar surface area (TPSA) is 32.8 Å². The monoisotopic (exact) mass is 200 g/mol. The second-order valence-corrected chi connectivity index (χ2v) is 4.96. The molecule has 0 aromatic carbocycles. The van der Waals surface area contributed by atoms with Crippen LogP contribution in [-0.4, -0.2) is 49.3 Å². The summed E-state index contributed by atoms with van der Waals surface area (Å²) in [5.74, 6) is -0.119. The highest BCUT2D eigenvalue weighted by molar-refractivity contribution is 5.75. The van der Waals surface area contributed by atoms with Crippen molar-refractivity contribution in [2.75, 3.05) is 27.2 Å². The number of nitrogens with zero attached hydrogens (tertiary/aromatic N) is 2. The Morgan fingerprint density at radius 3 is 2.00 bits per heavy atom. The first-order chi connectivity index (χ1) is 6.30. The highest BCUT2D eigenvalue weighted by atomic mass is 16.5. The van der Waals surface area contributed by atoms with E-state index in [0.717, 1.165) is 13.1 Å². The molecule has 0 N–H and O–H groups in total. The quantitative estimate of drug-likeness (QED) is 0.584. The number of hydrogen-bond donors (Lipinski definition) is 0. The SMILES string of the molecule is CN1CC(OC(=O)C(C)(C)C)CN1C. The van der Waals surface area contributed by atoms with Gasteiger partial charge in [0.15, 0.2) is 0 Å². The van der Waals surface area contributed by atoms with E-state index in [9.17, 15) is 4.79 Å². The lowest BCUT2D eigenvalue weighted by atomic mass is 9.97. The fourth-order valence-electron chi connectivity index (χ4n) is 1.33. The number of carbonyl (C=O) groups excluding carboxylic acids is 1. The standard InChI is InChI=1S/C10H20N2O2/c1-10(2,3)9(13)14-8-6-11(4)12(5)7-8/h8H,6-7H2,1-5H3. The van der Waals surface area contributed by atoms with Crippen molar-refractivity contribution < 1.29 is 9.53 Å². The summed E-state index contributed by atoms with van der Waals surface area (Å²) in [7, 11) is 3.98. The Hall–Kier alpha value is -0.610. The van der Waals surface area contributed by atoms with E-state index in [2.05, 4.69) is 10.0 Å². The van der Waals surface area contributed by atoms with Crippen LogP contribution in [-0.2, 0) is 9.53 Å². The molecule has 4 nitrogen and oxygen atoms in total. The summed E-state index contributed by atoms with van der Waals surface area (Å²) in [4.78, 5) is 11.6. The highest BCUT2D eigenvalue weighted by Gasteiger charge is 2.31. The van der Waals surface area contributed by atoms with Gasteiger partial charge in [0, 0.05) is 14.1 Å². The number of ether oxygens (including phenoxy) is 1. The van der Waals surface area contributed by atoms with Gasteiger partial charge in [-0.3, -0.25) is 4.79 Å². The van der Waals surface area contributed by atoms with Crippen LogP contribution < -0.4 is 0 Å². The van der Waals surface area contributed by atoms with E-state index >= 15 is 0 Å². The first-order valence-corrected chi connectivity index (χ1v) is 4.94. The summed E-state index contributed by atoms with van der Waals surface area (Å²) in [6.07, 6.45) is 0.0109. The van der Waals surface area contributed by atoms with E-state index in [4.69, 9.17) is 4.74 Å². The fraction of sp³-hybridized carbons (Fsp3) is 0.900. The van der Waals surface area contributed by atoms with Gasteiger partial charge in [-0.1, -0.05) is 0 Å². The Balaban J connectivity index is 2.44. The van der Waals surface area contributed by atoms with E-state index in [-0.39, 0.29) is 12.1 Å². The predicted molar refractivity (Wildman–Crippen MR) is 54.6 cm³/mol. The van der Waals surface area contributed by atoms with Gasteiger partial charge in [-0.05, 0) is 20.8 Å². The molecule has 0 spiro atoms. The summed E-state index contributed by atoms with van der Waals surface area (Å²) in [6.45, 7) is 7.20. The van der Waals surface area contributed by atoms with Gasteiger partial charge < -0.3 is 4.74 Å². The molecule has 1 aliphatic rings. The van der Waals surface area contributed by atoms with Crippen molar-refractivity contribution in [3.05, 3.63) is 0 Å². The van der Waals surface area contributed by atoms with Gasteiger partial charge in [-0.15, -0.1) is 0 Å². The average Bonchev–Trinajstić information content (AvgIpc) is 2.29. The number of carbonyl (C=O) groups is 1. The summed E-state index contributed by atoms with van der Waals surface area (Å²) < 4.78 is 5.39. The molecule has 0 aliphatic carbocycles. The number of hydrazine groups is 1. The molecule has 0 radical (unpaired) electrons. The normalized spacial score (nSPS) is 21.5. The molecular formula is C10H20N2O2. The third-order valence-corrected chi connectivity index (χ3v) is 2.40. The van der Waals surface area contributed by atoms with Crippen LogP contribution in [0.1, 0.15) is 20.8 Å². The second kappa shape index (κ2) is 3.87. The van der Waals surface area contributed by atoms with Crippen LogP contribution in [0.5, 0.6) is 0 Å². The van der Waals surface area contributed by atoms with Crippen LogP contribution >= 0.6 is 0 Å². The molecular weight excluding hydrogens is 180 g/mol. The third kappa shape index (κ3) is 2.69. The smallest absolute Gasteiger partial charge is 0.311 e. The maximum absolute atomic E-state index is 11.6. The zero-order chi connectivity index (χ0) is 10.9. The Labute approximate surface area is 85.8 Å². The van der Waals surface area contributed by atoms with Crippen LogP contribution in [0.4, 0.5) is 0 Å². The lowest BCUT2D eigenvalue weighted by Crippen LogP contribution is -2.30. The molecule has 1 aliphatic heterocycles. The van der Waals surface area contributed by atoms with Crippen molar-refractivity contribution in [2.45, 2.75) is 26.9 Å². The van der Waals surface area contributed by atoms with Crippen LogP contribution in [0.2, 0.25) is 0 Å². The summed E-state index contributed by atoms with van der Waals surface area (Å²) in [6, 6.07) is 0. The van der Waals surface area contributed by atoms with Gasteiger partial charge in [0.05, 0.1) is 18.5 Å². The zero-order valence-electron chi connectivity index (χ0n) is 9.70. The lowest BCUT2D eigenvalue weighted by molar-refractivity contribution is -0.157.